The molecule has 0 amide bonds. The smallest absolute Gasteiger partial charge is 0.182 e. The molecule has 0 aromatic heterocycles. The van der Waals surface area contributed by atoms with E-state index in [4.69, 9.17) is 0 Å². The number of allylic oxidation sites excluding steroid dienone is 2. The highest BCUT2D eigenvalue weighted by atomic mass is 79.9. The molecule has 1 aromatic carbocycles. The number of carbonyl (C=O) groups is 1. The Bertz CT molecular complexity index is 542. The van der Waals surface area contributed by atoms with E-state index in [1.165, 1.54) is 11.1 Å². The van der Waals surface area contributed by atoms with E-state index in [0.29, 0.717) is 0 Å². The molecule has 0 radical (unpaired) electrons. The zero-order valence-electron chi connectivity index (χ0n) is 10.7. The summed E-state index contributed by atoms with van der Waals surface area (Å²) in [6.07, 6.45) is 2.07. The standard InChI is InChI=1S/C15H15BrOS/c1-10-8-15(3,18-9-11(10)2)14(17)12-4-6-13(16)7-5-12/h4-9H,1-3H3. The van der Waals surface area contributed by atoms with Crippen LogP contribution in [0.5, 0.6) is 0 Å². The highest BCUT2D eigenvalue weighted by molar-refractivity contribution is 9.10. The average Bonchev–Trinajstić information content (AvgIpc) is 2.34. The summed E-state index contributed by atoms with van der Waals surface area (Å²) in [5, 5.41) is 2.08. The minimum atomic E-state index is -0.489. The van der Waals surface area contributed by atoms with Crippen LogP contribution in [0.2, 0.25) is 0 Å². The van der Waals surface area contributed by atoms with Crippen molar-refractivity contribution in [2.24, 2.45) is 0 Å². The summed E-state index contributed by atoms with van der Waals surface area (Å²) in [5.41, 5.74) is 3.17. The topological polar surface area (TPSA) is 17.1 Å². The van der Waals surface area contributed by atoms with Gasteiger partial charge in [0, 0.05) is 10.0 Å². The largest absolute Gasteiger partial charge is 0.292 e. The molecule has 1 aliphatic heterocycles. The molecular formula is C15H15BrOS. The first-order valence-corrected chi connectivity index (χ1v) is 7.44. The summed E-state index contributed by atoms with van der Waals surface area (Å²) in [6, 6.07) is 7.54. The molecule has 0 saturated carbocycles. The van der Waals surface area contributed by atoms with Crippen molar-refractivity contribution in [1.82, 2.24) is 0 Å². The number of rotatable bonds is 2. The first-order valence-electron chi connectivity index (χ1n) is 5.77. The van der Waals surface area contributed by atoms with Crippen molar-refractivity contribution in [2.45, 2.75) is 25.5 Å². The van der Waals surface area contributed by atoms with E-state index in [1.54, 1.807) is 11.8 Å². The Morgan fingerprint density at radius 1 is 1.17 bits per heavy atom. The lowest BCUT2D eigenvalue weighted by atomic mass is 9.94. The lowest BCUT2D eigenvalue weighted by Crippen LogP contribution is -2.30. The van der Waals surface area contributed by atoms with E-state index >= 15 is 0 Å². The lowest BCUT2D eigenvalue weighted by Gasteiger charge is -2.27. The molecule has 18 heavy (non-hydrogen) atoms. The Morgan fingerprint density at radius 2 is 1.78 bits per heavy atom. The third kappa shape index (κ3) is 2.62. The molecule has 0 saturated heterocycles. The number of hydrogen-bond donors (Lipinski definition) is 0. The van der Waals surface area contributed by atoms with Crippen LogP contribution in [0.15, 0.2) is 51.4 Å². The second kappa shape index (κ2) is 5.06. The van der Waals surface area contributed by atoms with Crippen molar-refractivity contribution >= 4 is 33.5 Å². The van der Waals surface area contributed by atoms with Gasteiger partial charge in [-0.3, -0.25) is 4.79 Å². The summed E-state index contributed by atoms with van der Waals surface area (Å²) in [6.45, 7) is 6.11. The van der Waals surface area contributed by atoms with E-state index in [1.807, 2.05) is 31.2 Å². The SMILES string of the molecule is CC1=CSC(C)(C(=O)c2ccc(Br)cc2)C=C1C. The molecule has 94 valence electrons. The monoisotopic (exact) mass is 322 g/mol. The summed E-state index contributed by atoms with van der Waals surface area (Å²) >= 11 is 4.97. The van der Waals surface area contributed by atoms with Gasteiger partial charge in [-0.15, -0.1) is 11.8 Å². The van der Waals surface area contributed by atoms with E-state index < -0.39 is 4.75 Å². The average molecular weight is 323 g/mol. The lowest BCUT2D eigenvalue weighted by molar-refractivity contribution is 0.0969. The Morgan fingerprint density at radius 3 is 2.33 bits per heavy atom. The molecule has 0 spiro atoms. The number of ketones is 1. The molecule has 1 aliphatic rings. The molecule has 3 heteroatoms. The van der Waals surface area contributed by atoms with Gasteiger partial charge in [-0.1, -0.05) is 34.1 Å². The van der Waals surface area contributed by atoms with Crippen LogP contribution in [0.1, 0.15) is 31.1 Å². The number of halogens is 1. The van der Waals surface area contributed by atoms with Gasteiger partial charge in [0.25, 0.3) is 0 Å². The van der Waals surface area contributed by atoms with E-state index in [-0.39, 0.29) is 5.78 Å². The Balaban J connectivity index is 2.32. The highest BCUT2D eigenvalue weighted by Gasteiger charge is 2.33. The molecule has 1 atom stereocenters. The first-order chi connectivity index (χ1) is 8.42. The number of carbonyl (C=O) groups excluding carboxylic acids is 1. The third-order valence-corrected chi connectivity index (χ3v) is 4.94. The van der Waals surface area contributed by atoms with Crippen LogP contribution in [-0.2, 0) is 0 Å². The van der Waals surface area contributed by atoms with Crippen LogP contribution in [0.4, 0.5) is 0 Å². The molecule has 0 fully saturated rings. The van der Waals surface area contributed by atoms with Gasteiger partial charge in [-0.2, -0.15) is 0 Å². The summed E-state index contributed by atoms with van der Waals surface area (Å²) < 4.78 is 0.500. The van der Waals surface area contributed by atoms with Gasteiger partial charge < -0.3 is 0 Å². The zero-order valence-corrected chi connectivity index (χ0v) is 13.1. The van der Waals surface area contributed by atoms with Crippen molar-refractivity contribution in [1.29, 1.82) is 0 Å². The van der Waals surface area contributed by atoms with Crippen LogP contribution < -0.4 is 0 Å². The number of hydrogen-bond acceptors (Lipinski definition) is 2. The predicted molar refractivity (Wildman–Crippen MR) is 82.0 cm³/mol. The summed E-state index contributed by atoms with van der Waals surface area (Å²) in [4.78, 5) is 12.6. The van der Waals surface area contributed by atoms with Crippen molar-refractivity contribution in [2.75, 3.05) is 0 Å². The van der Waals surface area contributed by atoms with Crippen LogP contribution >= 0.6 is 27.7 Å². The van der Waals surface area contributed by atoms with Crippen molar-refractivity contribution in [3.8, 4) is 0 Å². The maximum absolute atomic E-state index is 12.6. The van der Waals surface area contributed by atoms with Crippen molar-refractivity contribution in [3.05, 3.63) is 56.9 Å². The van der Waals surface area contributed by atoms with Crippen LogP contribution in [0.25, 0.3) is 0 Å². The fourth-order valence-electron chi connectivity index (χ4n) is 1.87. The molecule has 1 unspecified atom stereocenters. The quantitative estimate of drug-likeness (QED) is 0.714. The van der Waals surface area contributed by atoms with Crippen molar-refractivity contribution in [3.63, 3.8) is 0 Å². The van der Waals surface area contributed by atoms with Gasteiger partial charge in [-0.25, -0.2) is 0 Å². The van der Waals surface area contributed by atoms with E-state index in [9.17, 15) is 4.79 Å². The highest BCUT2D eigenvalue weighted by Crippen LogP contribution is 2.38. The van der Waals surface area contributed by atoms with Crippen LogP contribution in [0, 0.1) is 0 Å². The fourth-order valence-corrected chi connectivity index (χ4v) is 3.21. The Labute approximate surface area is 120 Å². The van der Waals surface area contributed by atoms with Crippen molar-refractivity contribution < 1.29 is 4.79 Å². The molecule has 0 bridgehead atoms. The number of thioether (sulfide) groups is 1. The summed E-state index contributed by atoms with van der Waals surface area (Å²) in [5.74, 6) is 0.156. The summed E-state index contributed by atoms with van der Waals surface area (Å²) in [7, 11) is 0. The van der Waals surface area contributed by atoms with Gasteiger partial charge in [0.05, 0.1) is 4.75 Å². The van der Waals surface area contributed by atoms with E-state index in [0.717, 1.165) is 10.0 Å². The number of benzene rings is 1. The second-order valence-electron chi connectivity index (χ2n) is 4.69. The first kappa shape index (κ1) is 13.6. The van der Waals surface area contributed by atoms with E-state index in [2.05, 4.69) is 41.3 Å². The molecule has 0 N–H and O–H groups in total. The Hall–Kier alpha value is -0.800. The van der Waals surface area contributed by atoms with Crippen LogP contribution in [-0.4, -0.2) is 10.5 Å². The fraction of sp³-hybridized carbons (Fsp3) is 0.267. The minimum Gasteiger partial charge on any atom is -0.292 e. The molecule has 0 aliphatic carbocycles. The third-order valence-electron chi connectivity index (χ3n) is 3.15. The molecule has 1 nitrogen and oxygen atoms in total. The van der Waals surface area contributed by atoms with Gasteiger partial charge in [0.2, 0.25) is 0 Å². The molecule has 1 aromatic rings. The van der Waals surface area contributed by atoms with Gasteiger partial charge in [0.15, 0.2) is 5.78 Å². The maximum Gasteiger partial charge on any atom is 0.182 e. The zero-order chi connectivity index (χ0) is 13.3. The Kier molecular flexibility index (Phi) is 3.83. The second-order valence-corrected chi connectivity index (χ2v) is 6.92. The molecule has 1 heterocycles. The minimum absolute atomic E-state index is 0.156. The van der Waals surface area contributed by atoms with Gasteiger partial charge >= 0.3 is 0 Å². The predicted octanol–water partition coefficient (Wildman–Crippen LogP) is 4.99. The maximum atomic E-state index is 12.6. The van der Waals surface area contributed by atoms with Gasteiger partial charge in [0.1, 0.15) is 0 Å². The normalized spacial score (nSPS) is 23.3. The molecular weight excluding hydrogens is 308 g/mol. The number of Topliss-reactive ketones (excluding diaryl/α,β-unsaturated/α-hetero) is 1. The van der Waals surface area contributed by atoms with Crippen LogP contribution in [0.3, 0.4) is 0 Å². The molecule has 2 rings (SSSR count). The van der Waals surface area contributed by atoms with Gasteiger partial charge in [-0.05, 0) is 49.5 Å².